The van der Waals surface area contributed by atoms with E-state index in [0.717, 1.165) is 0 Å². The molecule has 1 unspecified atom stereocenters. The number of carbonyl (C=O) groups is 3. The highest BCUT2D eigenvalue weighted by molar-refractivity contribution is 6.21. The van der Waals surface area contributed by atoms with Gasteiger partial charge < -0.3 is 5.11 Å². The van der Waals surface area contributed by atoms with Crippen molar-refractivity contribution in [2.45, 2.75) is 26.2 Å². The van der Waals surface area contributed by atoms with E-state index in [1.165, 1.54) is 4.90 Å². The van der Waals surface area contributed by atoms with Gasteiger partial charge in [0, 0.05) is 18.8 Å². The molecule has 1 aliphatic heterocycles. The lowest BCUT2D eigenvalue weighted by Gasteiger charge is -2.18. The second-order valence-electron chi connectivity index (χ2n) is 4.70. The number of nitrogens with zero attached hydrogens (tertiary/aromatic N) is 1. The lowest BCUT2D eigenvalue weighted by Crippen LogP contribution is -2.31. The fourth-order valence-corrected chi connectivity index (χ4v) is 2.22. The van der Waals surface area contributed by atoms with Crippen LogP contribution in [0.25, 0.3) is 0 Å². The van der Waals surface area contributed by atoms with E-state index in [4.69, 9.17) is 5.11 Å². The van der Waals surface area contributed by atoms with E-state index in [2.05, 4.69) is 0 Å². The molecule has 1 fully saturated rings. The highest BCUT2D eigenvalue weighted by Gasteiger charge is 2.37. The smallest absolute Gasteiger partial charge is 0.303 e. The molecule has 0 aliphatic carbocycles. The number of imide groups is 1. The number of para-hydroxylation sites is 1. The molecule has 19 heavy (non-hydrogen) atoms. The maximum absolute atomic E-state index is 12.0. The van der Waals surface area contributed by atoms with E-state index in [-0.39, 0.29) is 30.6 Å². The van der Waals surface area contributed by atoms with Crippen LogP contribution in [0, 0.1) is 5.92 Å². The number of anilines is 1. The second-order valence-corrected chi connectivity index (χ2v) is 4.70. The predicted octanol–water partition coefficient (Wildman–Crippen LogP) is 1.60. The van der Waals surface area contributed by atoms with Gasteiger partial charge in [0.25, 0.3) is 0 Å². The lowest BCUT2D eigenvalue weighted by molar-refractivity contribution is -0.137. The van der Waals surface area contributed by atoms with E-state index in [0.29, 0.717) is 17.7 Å². The normalized spacial score (nSPS) is 19.0. The quantitative estimate of drug-likeness (QED) is 0.835. The first kappa shape index (κ1) is 13.3. The number of benzene rings is 1. The van der Waals surface area contributed by atoms with Crippen LogP contribution >= 0.6 is 0 Å². The molecule has 0 radical (unpaired) electrons. The van der Waals surface area contributed by atoms with Crippen molar-refractivity contribution < 1.29 is 19.5 Å². The van der Waals surface area contributed by atoms with Crippen molar-refractivity contribution in [1.82, 2.24) is 0 Å². The zero-order chi connectivity index (χ0) is 14.0. The summed E-state index contributed by atoms with van der Waals surface area (Å²) < 4.78 is 0. The first-order chi connectivity index (χ1) is 9.00. The van der Waals surface area contributed by atoms with Crippen LogP contribution < -0.4 is 4.90 Å². The summed E-state index contributed by atoms with van der Waals surface area (Å²) in [6, 6.07) is 6.95. The first-order valence-electron chi connectivity index (χ1n) is 6.17. The Morgan fingerprint density at radius 1 is 1.37 bits per heavy atom. The van der Waals surface area contributed by atoms with Crippen molar-refractivity contribution in [2.75, 3.05) is 4.90 Å². The van der Waals surface area contributed by atoms with Crippen molar-refractivity contribution in [1.29, 1.82) is 0 Å². The number of carbonyl (C=O) groups excluding carboxylic acids is 2. The highest BCUT2D eigenvalue weighted by Crippen LogP contribution is 2.29. The van der Waals surface area contributed by atoms with Gasteiger partial charge in [0.1, 0.15) is 0 Å². The van der Waals surface area contributed by atoms with E-state index >= 15 is 0 Å². The van der Waals surface area contributed by atoms with Gasteiger partial charge in [-0.15, -0.1) is 0 Å². The van der Waals surface area contributed by atoms with Crippen molar-refractivity contribution in [2.24, 2.45) is 5.92 Å². The summed E-state index contributed by atoms with van der Waals surface area (Å²) in [7, 11) is 0. The summed E-state index contributed by atoms with van der Waals surface area (Å²) in [5.41, 5.74) is 1.23. The minimum absolute atomic E-state index is 0.0250. The van der Waals surface area contributed by atoms with Crippen molar-refractivity contribution >= 4 is 23.5 Å². The van der Waals surface area contributed by atoms with Crippen LogP contribution in [0.3, 0.4) is 0 Å². The van der Waals surface area contributed by atoms with Gasteiger partial charge in [0.15, 0.2) is 0 Å². The fraction of sp³-hybridized carbons (Fsp3) is 0.357. The van der Waals surface area contributed by atoms with Crippen LogP contribution in [0.2, 0.25) is 0 Å². The van der Waals surface area contributed by atoms with Gasteiger partial charge >= 0.3 is 5.97 Å². The van der Waals surface area contributed by atoms with Gasteiger partial charge in [-0.25, -0.2) is 0 Å². The Kier molecular flexibility index (Phi) is 3.64. The molecule has 100 valence electrons. The second kappa shape index (κ2) is 5.22. The number of rotatable bonds is 4. The Balaban J connectivity index is 2.31. The molecule has 0 bridgehead atoms. The zero-order valence-electron chi connectivity index (χ0n) is 10.6. The summed E-state index contributed by atoms with van der Waals surface area (Å²) in [6.07, 6.45) is 0.492. The molecule has 5 nitrogen and oxygen atoms in total. The summed E-state index contributed by atoms with van der Waals surface area (Å²) in [6.45, 7) is 1.72. The Morgan fingerprint density at radius 3 is 2.63 bits per heavy atom. The summed E-state index contributed by atoms with van der Waals surface area (Å²) >= 11 is 0. The average Bonchev–Trinajstić information content (AvgIpc) is 2.61. The van der Waals surface area contributed by atoms with E-state index in [9.17, 15) is 14.4 Å². The van der Waals surface area contributed by atoms with Crippen molar-refractivity contribution in [3.05, 3.63) is 29.8 Å². The maximum Gasteiger partial charge on any atom is 0.303 e. The largest absolute Gasteiger partial charge is 0.481 e. The molecule has 0 saturated carbocycles. The molecular weight excluding hydrogens is 246 g/mol. The van der Waals surface area contributed by atoms with Crippen LogP contribution in [0.15, 0.2) is 24.3 Å². The Bertz CT molecular complexity index is 538. The molecule has 1 aliphatic rings. The van der Waals surface area contributed by atoms with Crippen LogP contribution in [-0.2, 0) is 20.8 Å². The maximum atomic E-state index is 12.0. The number of amides is 2. The molecule has 1 N–H and O–H groups in total. The minimum Gasteiger partial charge on any atom is -0.481 e. The third kappa shape index (κ3) is 2.65. The van der Waals surface area contributed by atoms with E-state index in [1.54, 1.807) is 31.2 Å². The number of aryl methyl sites for hydroxylation is 1. The molecule has 1 atom stereocenters. The molecule has 2 rings (SSSR count). The molecule has 5 heteroatoms. The standard InChI is InChI=1S/C14H15NO4/c1-9-8-12(16)15(14(9)19)11-5-3-2-4-10(11)6-7-13(17)18/h2-5,9H,6-8H2,1H3,(H,17,18). The molecule has 1 saturated heterocycles. The number of aliphatic carboxylic acids is 1. The van der Waals surface area contributed by atoms with Gasteiger partial charge in [0.05, 0.1) is 5.69 Å². The fourth-order valence-electron chi connectivity index (χ4n) is 2.22. The Labute approximate surface area is 110 Å². The molecule has 1 heterocycles. The third-order valence-electron chi connectivity index (χ3n) is 3.21. The molecule has 1 aromatic carbocycles. The zero-order valence-corrected chi connectivity index (χ0v) is 10.6. The number of carboxylic acid groups (broad SMARTS) is 1. The minimum atomic E-state index is -0.901. The van der Waals surface area contributed by atoms with Gasteiger partial charge in [-0.1, -0.05) is 25.1 Å². The summed E-state index contributed by atoms with van der Waals surface area (Å²) in [4.78, 5) is 35.7. The van der Waals surface area contributed by atoms with Gasteiger partial charge in [-0.2, -0.15) is 0 Å². The predicted molar refractivity (Wildman–Crippen MR) is 68.7 cm³/mol. The lowest BCUT2D eigenvalue weighted by atomic mass is 10.1. The first-order valence-corrected chi connectivity index (χ1v) is 6.17. The SMILES string of the molecule is CC1CC(=O)N(c2ccccc2CCC(=O)O)C1=O. The van der Waals surface area contributed by atoms with Crippen LogP contribution in [0.1, 0.15) is 25.3 Å². The molecule has 1 aromatic rings. The Morgan fingerprint density at radius 2 is 2.05 bits per heavy atom. The number of hydrogen-bond acceptors (Lipinski definition) is 3. The topological polar surface area (TPSA) is 74.7 Å². The van der Waals surface area contributed by atoms with E-state index in [1.807, 2.05) is 0 Å². The van der Waals surface area contributed by atoms with Gasteiger partial charge in [-0.05, 0) is 18.1 Å². The molecular formula is C14H15NO4. The average molecular weight is 261 g/mol. The van der Waals surface area contributed by atoms with Gasteiger partial charge in [-0.3, -0.25) is 19.3 Å². The highest BCUT2D eigenvalue weighted by atomic mass is 16.4. The van der Waals surface area contributed by atoms with E-state index < -0.39 is 5.97 Å². The Hall–Kier alpha value is -2.17. The molecule has 2 amide bonds. The van der Waals surface area contributed by atoms with Crippen molar-refractivity contribution in [3.8, 4) is 0 Å². The van der Waals surface area contributed by atoms with Crippen LogP contribution in [0.4, 0.5) is 5.69 Å². The monoisotopic (exact) mass is 261 g/mol. The van der Waals surface area contributed by atoms with Crippen LogP contribution in [-0.4, -0.2) is 22.9 Å². The number of hydrogen-bond donors (Lipinski definition) is 1. The molecule has 0 spiro atoms. The van der Waals surface area contributed by atoms with Crippen LogP contribution in [0.5, 0.6) is 0 Å². The van der Waals surface area contributed by atoms with Crippen molar-refractivity contribution in [3.63, 3.8) is 0 Å². The van der Waals surface area contributed by atoms with Gasteiger partial charge in [0.2, 0.25) is 11.8 Å². The third-order valence-corrected chi connectivity index (χ3v) is 3.21. The number of carboxylic acids is 1. The summed E-state index contributed by atoms with van der Waals surface area (Å²) in [5, 5.41) is 8.73. The molecule has 0 aromatic heterocycles. The summed E-state index contributed by atoms with van der Waals surface area (Å²) in [5.74, 6) is -1.64.